The zero-order chi connectivity index (χ0) is 19.3. The van der Waals surface area contributed by atoms with Gasteiger partial charge in [-0.25, -0.2) is 9.97 Å². The van der Waals surface area contributed by atoms with E-state index in [1.165, 1.54) is 10.6 Å². The number of benzene rings is 1. The van der Waals surface area contributed by atoms with Gasteiger partial charge in [-0.1, -0.05) is 28.1 Å². The van der Waals surface area contributed by atoms with Crippen LogP contribution in [0.2, 0.25) is 0 Å². The van der Waals surface area contributed by atoms with Crippen LogP contribution in [0, 0.1) is 0 Å². The van der Waals surface area contributed by atoms with Crippen LogP contribution in [0.15, 0.2) is 35.1 Å². The first-order chi connectivity index (χ1) is 13.0. The number of morpholine rings is 1. The Morgan fingerprint density at radius 2 is 1.93 bits per heavy atom. The summed E-state index contributed by atoms with van der Waals surface area (Å²) >= 11 is 3.37. The van der Waals surface area contributed by atoms with Gasteiger partial charge in [0.25, 0.3) is 0 Å². The lowest BCUT2D eigenvalue weighted by atomic mass is 10.1. The zero-order valence-electron chi connectivity index (χ0n) is 14.3. The summed E-state index contributed by atoms with van der Waals surface area (Å²) in [5.74, 6) is 0.285. The number of hydrogen-bond acceptors (Lipinski definition) is 7. The molecule has 1 saturated heterocycles. The van der Waals surface area contributed by atoms with Crippen LogP contribution in [0.4, 0.5) is 5.82 Å². The standard InChI is InChI=1S/C16H19BrN4O5S/c17-13-3-1-12(2-4-13)14-15(18-11-19-16(14)26-10-7-22)20-27(23,24)21-5-8-25-9-6-21/h1-4,11,22H,5-10H2,(H,18,19,20). The Labute approximate surface area is 165 Å². The largest absolute Gasteiger partial charge is 0.475 e. The van der Waals surface area contributed by atoms with Gasteiger partial charge in [0.05, 0.1) is 25.4 Å². The molecule has 1 aliphatic rings. The molecule has 0 spiro atoms. The molecule has 9 nitrogen and oxygen atoms in total. The highest BCUT2D eigenvalue weighted by molar-refractivity contribution is 9.10. The number of aliphatic hydroxyl groups excluding tert-OH is 1. The lowest BCUT2D eigenvalue weighted by molar-refractivity contribution is 0.0733. The lowest BCUT2D eigenvalue weighted by Crippen LogP contribution is -2.43. The van der Waals surface area contributed by atoms with E-state index >= 15 is 0 Å². The van der Waals surface area contributed by atoms with Crippen molar-refractivity contribution in [3.63, 3.8) is 0 Å². The van der Waals surface area contributed by atoms with E-state index < -0.39 is 10.2 Å². The molecule has 0 unspecified atom stereocenters. The molecule has 0 aliphatic carbocycles. The molecule has 0 saturated carbocycles. The van der Waals surface area contributed by atoms with Crippen molar-refractivity contribution in [3.8, 4) is 17.0 Å². The lowest BCUT2D eigenvalue weighted by Gasteiger charge is -2.26. The molecule has 146 valence electrons. The second-order valence-electron chi connectivity index (χ2n) is 5.60. The van der Waals surface area contributed by atoms with Crippen LogP contribution in [0.5, 0.6) is 5.88 Å². The van der Waals surface area contributed by atoms with Crippen molar-refractivity contribution in [3.05, 3.63) is 35.1 Å². The SMILES string of the molecule is O=S(=O)(Nc1ncnc(OCCO)c1-c1ccc(Br)cc1)N1CCOCC1. The fourth-order valence-corrected chi connectivity index (χ4v) is 3.97. The summed E-state index contributed by atoms with van der Waals surface area (Å²) in [7, 11) is -3.81. The van der Waals surface area contributed by atoms with Gasteiger partial charge in [-0.3, -0.25) is 4.72 Å². The van der Waals surface area contributed by atoms with E-state index in [-0.39, 0.29) is 38.0 Å². The van der Waals surface area contributed by atoms with Crippen molar-refractivity contribution in [2.75, 3.05) is 44.2 Å². The number of aromatic nitrogens is 2. The highest BCUT2D eigenvalue weighted by atomic mass is 79.9. The van der Waals surface area contributed by atoms with Gasteiger partial charge in [-0.15, -0.1) is 0 Å². The fourth-order valence-electron chi connectivity index (χ4n) is 2.55. The van der Waals surface area contributed by atoms with Gasteiger partial charge in [0.2, 0.25) is 5.88 Å². The average Bonchev–Trinajstić information content (AvgIpc) is 2.68. The third-order valence-corrected chi connectivity index (χ3v) is 5.84. The summed E-state index contributed by atoms with van der Waals surface area (Å²) in [6.45, 7) is 1.04. The minimum Gasteiger partial charge on any atom is -0.475 e. The molecule has 3 rings (SSSR count). The van der Waals surface area contributed by atoms with E-state index in [2.05, 4.69) is 30.6 Å². The summed E-state index contributed by atoms with van der Waals surface area (Å²) in [6.07, 6.45) is 1.21. The molecule has 2 heterocycles. The van der Waals surface area contributed by atoms with Gasteiger partial charge < -0.3 is 14.6 Å². The van der Waals surface area contributed by atoms with Crippen LogP contribution in [-0.2, 0) is 14.9 Å². The van der Waals surface area contributed by atoms with Crippen molar-refractivity contribution >= 4 is 32.0 Å². The molecule has 1 fully saturated rings. The molecule has 27 heavy (non-hydrogen) atoms. The average molecular weight is 459 g/mol. The van der Waals surface area contributed by atoms with Crippen molar-refractivity contribution in [2.24, 2.45) is 0 Å². The minimum absolute atomic E-state index is 0.0240. The quantitative estimate of drug-likeness (QED) is 0.641. The first kappa shape index (κ1) is 20.0. The van der Waals surface area contributed by atoms with Gasteiger partial charge in [0.1, 0.15) is 12.9 Å². The normalized spacial score (nSPS) is 15.5. The van der Waals surface area contributed by atoms with E-state index in [4.69, 9.17) is 14.6 Å². The summed E-state index contributed by atoms with van der Waals surface area (Å²) in [5.41, 5.74) is 1.07. The number of aliphatic hydroxyl groups is 1. The van der Waals surface area contributed by atoms with Gasteiger partial charge in [-0.05, 0) is 17.7 Å². The van der Waals surface area contributed by atoms with Crippen LogP contribution in [0.3, 0.4) is 0 Å². The number of halogens is 1. The van der Waals surface area contributed by atoms with E-state index in [0.717, 1.165) is 4.47 Å². The third-order valence-electron chi connectivity index (χ3n) is 3.81. The Balaban J connectivity index is 1.99. The summed E-state index contributed by atoms with van der Waals surface area (Å²) in [6, 6.07) is 7.22. The fraction of sp³-hybridized carbons (Fsp3) is 0.375. The molecule has 0 amide bonds. The predicted octanol–water partition coefficient (Wildman–Crippen LogP) is 1.27. The van der Waals surface area contributed by atoms with Gasteiger partial charge in [-0.2, -0.15) is 12.7 Å². The summed E-state index contributed by atoms with van der Waals surface area (Å²) in [5, 5.41) is 9.05. The molecule has 1 aromatic carbocycles. The Morgan fingerprint density at radius 3 is 2.59 bits per heavy atom. The number of hydrogen-bond donors (Lipinski definition) is 2. The molecule has 2 N–H and O–H groups in total. The van der Waals surface area contributed by atoms with Gasteiger partial charge in [0, 0.05) is 17.6 Å². The van der Waals surface area contributed by atoms with Crippen LogP contribution in [0.25, 0.3) is 11.1 Å². The molecule has 0 radical (unpaired) electrons. The van der Waals surface area contributed by atoms with Crippen molar-refractivity contribution in [2.45, 2.75) is 0 Å². The van der Waals surface area contributed by atoms with E-state index in [9.17, 15) is 8.42 Å². The van der Waals surface area contributed by atoms with E-state index in [1.807, 2.05) is 12.1 Å². The molecular formula is C16H19BrN4O5S. The van der Waals surface area contributed by atoms with Crippen LogP contribution in [-0.4, -0.2) is 67.3 Å². The molecule has 11 heteroatoms. The topological polar surface area (TPSA) is 114 Å². The molecule has 0 bridgehead atoms. The van der Waals surface area contributed by atoms with E-state index in [1.54, 1.807) is 12.1 Å². The third kappa shape index (κ3) is 4.93. The molecule has 1 aromatic heterocycles. The van der Waals surface area contributed by atoms with Gasteiger partial charge in [0.15, 0.2) is 5.82 Å². The summed E-state index contributed by atoms with van der Waals surface area (Å²) < 4.78 is 40.9. The van der Waals surface area contributed by atoms with Gasteiger partial charge >= 0.3 is 10.2 Å². The maximum Gasteiger partial charge on any atom is 0.302 e. The maximum atomic E-state index is 12.7. The Kier molecular flexibility index (Phi) is 6.60. The number of ether oxygens (including phenoxy) is 2. The summed E-state index contributed by atoms with van der Waals surface area (Å²) in [4.78, 5) is 8.21. The van der Waals surface area contributed by atoms with Crippen molar-refractivity contribution < 1.29 is 23.0 Å². The molecule has 2 aromatic rings. The van der Waals surface area contributed by atoms with Crippen molar-refractivity contribution in [1.29, 1.82) is 0 Å². The highest BCUT2D eigenvalue weighted by Crippen LogP contribution is 2.35. The molecule has 0 atom stereocenters. The molecule has 1 aliphatic heterocycles. The second kappa shape index (κ2) is 8.93. The van der Waals surface area contributed by atoms with Crippen LogP contribution < -0.4 is 9.46 Å². The minimum atomic E-state index is -3.81. The number of nitrogens with zero attached hydrogens (tertiary/aromatic N) is 3. The van der Waals surface area contributed by atoms with Crippen LogP contribution in [0.1, 0.15) is 0 Å². The Bertz CT molecular complexity index is 873. The predicted molar refractivity (Wildman–Crippen MR) is 103 cm³/mol. The monoisotopic (exact) mass is 458 g/mol. The highest BCUT2D eigenvalue weighted by Gasteiger charge is 2.27. The second-order valence-corrected chi connectivity index (χ2v) is 8.19. The zero-order valence-corrected chi connectivity index (χ0v) is 16.7. The number of anilines is 1. The Hall–Kier alpha value is -1.79. The Morgan fingerprint density at radius 1 is 1.22 bits per heavy atom. The first-order valence-electron chi connectivity index (χ1n) is 8.21. The molecular weight excluding hydrogens is 440 g/mol. The number of nitrogens with one attached hydrogen (secondary N) is 1. The number of rotatable bonds is 7. The first-order valence-corrected chi connectivity index (χ1v) is 10.4. The van der Waals surface area contributed by atoms with Crippen LogP contribution >= 0.6 is 15.9 Å². The van der Waals surface area contributed by atoms with E-state index in [0.29, 0.717) is 24.3 Å². The smallest absolute Gasteiger partial charge is 0.302 e. The maximum absolute atomic E-state index is 12.7. The van der Waals surface area contributed by atoms with Crippen molar-refractivity contribution in [1.82, 2.24) is 14.3 Å².